The lowest BCUT2D eigenvalue weighted by Gasteiger charge is -2.01. The number of Topliss-reactive ketones (excluding diaryl/α,β-unsaturated/α-hetero) is 1. The summed E-state index contributed by atoms with van der Waals surface area (Å²) < 4.78 is 12.2. The van der Waals surface area contributed by atoms with E-state index < -0.39 is 6.17 Å². The van der Waals surface area contributed by atoms with Gasteiger partial charge < -0.3 is 0 Å². The van der Waals surface area contributed by atoms with E-state index in [0.717, 1.165) is 0 Å². The number of allylic oxidation sites excluding steroid dienone is 1. The van der Waals surface area contributed by atoms with Gasteiger partial charge in [0.1, 0.15) is 12.0 Å². The maximum Gasteiger partial charge on any atom is 0.133 e. The summed E-state index contributed by atoms with van der Waals surface area (Å²) in [6, 6.07) is 0. The number of hydrogen-bond acceptors (Lipinski definition) is 1. The number of alkyl halides is 1. The molecule has 0 saturated carbocycles. The van der Waals surface area contributed by atoms with Crippen LogP contribution in [0.1, 0.15) is 20.3 Å². The van der Waals surface area contributed by atoms with Crippen LogP contribution in [0, 0.1) is 0 Å². The smallest absolute Gasteiger partial charge is 0.133 e. The van der Waals surface area contributed by atoms with Crippen molar-refractivity contribution in [2.45, 2.75) is 26.4 Å². The molecule has 0 saturated heterocycles. The first-order valence-corrected chi connectivity index (χ1v) is 2.85. The number of carbonyl (C=O) groups excluding carboxylic acids is 1. The van der Waals surface area contributed by atoms with Gasteiger partial charge in [-0.15, -0.1) is 0 Å². The third-order valence-corrected chi connectivity index (χ3v) is 1.04. The zero-order valence-electron chi connectivity index (χ0n) is 5.78. The van der Waals surface area contributed by atoms with Crippen molar-refractivity contribution in [3.8, 4) is 0 Å². The summed E-state index contributed by atoms with van der Waals surface area (Å²) in [5, 5.41) is 0. The molecular weight excluding hydrogens is 119 g/mol. The first-order chi connectivity index (χ1) is 4.04. The van der Waals surface area contributed by atoms with Gasteiger partial charge in [-0.25, -0.2) is 4.39 Å². The lowest BCUT2D eigenvalue weighted by atomic mass is 10.1. The Bertz CT molecular complexity index is 127. The molecule has 0 aromatic rings. The highest BCUT2D eigenvalue weighted by atomic mass is 19.1. The maximum atomic E-state index is 12.2. The maximum absolute atomic E-state index is 12.2. The molecule has 0 fully saturated rings. The lowest BCUT2D eigenvalue weighted by Crippen LogP contribution is -2.01. The summed E-state index contributed by atoms with van der Waals surface area (Å²) in [7, 11) is 0. The lowest BCUT2D eigenvalue weighted by molar-refractivity contribution is -0.116. The minimum atomic E-state index is -1.06. The Kier molecular flexibility index (Phi) is 3.13. The predicted molar refractivity (Wildman–Crippen MR) is 35.0 cm³/mol. The molecule has 52 valence electrons. The van der Waals surface area contributed by atoms with Gasteiger partial charge in [-0.05, 0) is 19.4 Å². The van der Waals surface area contributed by atoms with Crippen LogP contribution in [0.5, 0.6) is 0 Å². The summed E-state index contributed by atoms with van der Waals surface area (Å²) in [6.45, 7) is 6.20. The van der Waals surface area contributed by atoms with E-state index in [9.17, 15) is 9.18 Å². The molecule has 0 aromatic heterocycles. The zero-order chi connectivity index (χ0) is 7.44. The summed E-state index contributed by atoms with van der Waals surface area (Å²) in [4.78, 5) is 10.3. The zero-order valence-corrected chi connectivity index (χ0v) is 5.78. The van der Waals surface area contributed by atoms with E-state index in [-0.39, 0.29) is 12.2 Å². The van der Waals surface area contributed by atoms with Crippen LogP contribution in [-0.4, -0.2) is 12.0 Å². The molecule has 0 radical (unpaired) electrons. The minimum absolute atomic E-state index is 0.0375. The monoisotopic (exact) mass is 130 g/mol. The average Bonchev–Trinajstić information content (AvgIpc) is 1.63. The second-order valence-electron chi connectivity index (χ2n) is 2.15. The highest BCUT2D eigenvalue weighted by Crippen LogP contribution is 2.07. The number of rotatable bonds is 3. The van der Waals surface area contributed by atoms with Crippen LogP contribution in [0.2, 0.25) is 0 Å². The Balaban J connectivity index is 3.64. The van der Waals surface area contributed by atoms with Crippen LogP contribution >= 0.6 is 0 Å². The second kappa shape index (κ2) is 3.38. The van der Waals surface area contributed by atoms with Crippen LogP contribution < -0.4 is 0 Å². The Labute approximate surface area is 54.6 Å². The molecular formula is C7H11FO. The van der Waals surface area contributed by atoms with Crippen molar-refractivity contribution in [1.82, 2.24) is 0 Å². The predicted octanol–water partition coefficient (Wildman–Crippen LogP) is 1.88. The Morgan fingerprint density at radius 3 is 2.33 bits per heavy atom. The standard InChI is InChI=1S/C7H11FO/c1-5(7(3)8)4-6(2)9/h7H,1,4H2,2-3H3. The summed E-state index contributed by atoms with van der Waals surface area (Å²) in [5.74, 6) is -0.0375. The van der Waals surface area contributed by atoms with Crippen molar-refractivity contribution in [2.24, 2.45) is 0 Å². The van der Waals surface area contributed by atoms with Gasteiger partial charge in [0, 0.05) is 6.42 Å². The van der Waals surface area contributed by atoms with Crippen LogP contribution in [-0.2, 0) is 4.79 Å². The molecule has 0 spiro atoms. The number of hydrogen-bond donors (Lipinski definition) is 0. The number of halogens is 1. The van der Waals surface area contributed by atoms with Crippen LogP contribution in [0.15, 0.2) is 12.2 Å². The van der Waals surface area contributed by atoms with Crippen LogP contribution in [0.3, 0.4) is 0 Å². The molecule has 0 aliphatic carbocycles. The molecule has 0 rings (SSSR count). The fraction of sp³-hybridized carbons (Fsp3) is 0.571. The molecule has 0 aromatic carbocycles. The Hall–Kier alpha value is -0.660. The highest BCUT2D eigenvalue weighted by Gasteiger charge is 2.05. The first kappa shape index (κ1) is 8.34. The fourth-order valence-corrected chi connectivity index (χ4v) is 0.460. The Morgan fingerprint density at radius 2 is 2.22 bits per heavy atom. The second-order valence-corrected chi connectivity index (χ2v) is 2.15. The molecule has 1 nitrogen and oxygen atoms in total. The van der Waals surface area contributed by atoms with E-state index in [4.69, 9.17) is 0 Å². The molecule has 9 heavy (non-hydrogen) atoms. The molecule has 1 unspecified atom stereocenters. The van der Waals surface area contributed by atoms with Gasteiger partial charge in [0.2, 0.25) is 0 Å². The van der Waals surface area contributed by atoms with Crippen molar-refractivity contribution in [2.75, 3.05) is 0 Å². The van der Waals surface area contributed by atoms with Gasteiger partial charge in [0.05, 0.1) is 0 Å². The van der Waals surface area contributed by atoms with E-state index in [2.05, 4.69) is 6.58 Å². The van der Waals surface area contributed by atoms with E-state index >= 15 is 0 Å². The molecule has 0 N–H and O–H groups in total. The quantitative estimate of drug-likeness (QED) is 0.533. The van der Waals surface area contributed by atoms with E-state index in [0.29, 0.717) is 5.57 Å². The molecule has 0 heterocycles. The SMILES string of the molecule is C=C(CC(C)=O)C(C)F. The largest absolute Gasteiger partial charge is 0.300 e. The summed E-state index contributed by atoms with van der Waals surface area (Å²) in [6.07, 6.45) is -0.897. The van der Waals surface area contributed by atoms with Crippen LogP contribution in [0.25, 0.3) is 0 Å². The van der Waals surface area contributed by atoms with Gasteiger partial charge in [-0.3, -0.25) is 4.79 Å². The van der Waals surface area contributed by atoms with Gasteiger partial charge in [-0.1, -0.05) is 6.58 Å². The minimum Gasteiger partial charge on any atom is -0.300 e. The van der Waals surface area contributed by atoms with Crippen molar-refractivity contribution in [1.29, 1.82) is 0 Å². The van der Waals surface area contributed by atoms with E-state index in [1.807, 2.05) is 0 Å². The van der Waals surface area contributed by atoms with Gasteiger partial charge in [0.25, 0.3) is 0 Å². The molecule has 2 heteroatoms. The fourth-order valence-electron chi connectivity index (χ4n) is 0.460. The molecule has 0 aliphatic heterocycles. The van der Waals surface area contributed by atoms with E-state index in [1.54, 1.807) is 0 Å². The van der Waals surface area contributed by atoms with Gasteiger partial charge in [-0.2, -0.15) is 0 Å². The van der Waals surface area contributed by atoms with E-state index in [1.165, 1.54) is 13.8 Å². The van der Waals surface area contributed by atoms with Crippen molar-refractivity contribution in [3.05, 3.63) is 12.2 Å². The average molecular weight is 130 g/mol. The first-order valence-electron chi connectivity index (χ1n) is 2.85. The topological polar surface area (TPSA) is 17.1 Å². The third kappa shape index (κ3) is 3.88. The van der Waals surface area contributed by atoms with Gasteiger partial charge in [0.15, 0.2) is 0 Å². The van der Waals surface area contributed by atoms with Gasteiger partial charge >= 0.3 is 0 Å². The third-order valence-electron chi connectivity index (χ3n) is 1.04. The molecule has 0 bridgehead atoms. The van der Waals surface area contributed by atoms with Crippen molar-refractivity contribution >= 4 is 5.78 Å². The molecule has 0 amide bonds. The number of ketones is 1. The van der Waals surface area contributed by atoms with Crippen molar-refractivity contribution < 1.29 is 9.18 Å². The van der Waals surface area contributed by atoms with Crippen LogP contribution in [0.4, 0.5) is 4.39 Å². The number of carbonyl (C=O) groups is 1. The molecule has 1 atom stereocenters. The highest BCUT2D eigenvalue weighted by molar-refractivity contribution is 5.78. The summed E-state index contributed by atoms with van der Waals surface area (Å²) >= 11 is 0. The Morgan fingerprint density at radius 1 is 1.78 bits per heavy atom. The molecule has 0 aliphatic rings. The normalized spacial score (nSPS) is 12.8. The summed E-state index contributed by atoms with van der Waals surface area (Å²) in [5.41, 5.74) is 0.363. The van der Waals surface area contributed by atoms with Crippen molar-refractivity contribution in [3.63, 3.8) is 0 Å².